The predicted octanol–water partition coefficient (Wildman–Crippen LogP) is 5.66. The Labute approximate surface area is 204 Å². The van der Waals surface area contributed by atoms with Gasteiger partial charge in [0.2, 0.25) is 0 Å². The molecule has 34 heavy (non-hydrogen) atoms. The summed E-state index contributed by atoms with van der Waals surface area (Å²) >= 11 is 1.82. The molecule has 1 aromatic carbocycles. The summed E-state index contributed by atoms with van der Waals surface area (Å²) in [6.07, 6.45) is 4.54. The lowest BCUT2D eigenvalue weighted by molar-refractivity contribution is -0.165. The topological polar surface area (TPSA) is 62.6 Å². The first-order valence-corrected chi connectivity index (χ1v) is 12.8. The van der Waals surface area contributed by atoms with Crippen LogP contribution in [0.5, 0.6) is 5.75 Å². The van der Waals surface area contributed by atoms with Crippen LogP contribution in [-0.4, -0.2) is 35.1 Å². The Morgan fingerprint density at radius 1 is 1.15 bits per heavy atom. The zero-order valence-corrected chi connectivity index (χ0v) is 21.4. The molecule has 3 aromatic rings. The number of methoxy groups -OCH3 is 1. The molecule has 1 aliphatic heterocycles. The van der Waals surface area contributed by atoms with Crippen LogP contribution < -0.4 is 4.74 Å². The summed E-state index contributed by atoms with van der Waals surface area (Å²) in [6.45, 7) is 6.58. The van der Waals surface area contributed by atoms with Crippen molar-refractivity contribution < 1.29 is 19.0 Å². The van der Waals surface area contributed by atoms with Gasteiger partial charge in [-0.1, -0.05) is 6.07 Å². The van der Waals surface area contributed by atoms with Gasteiger partial charge < -0.3 is 14.2 Å². The summed E-state index contributed by atoms with van der Waals surface area (Å²) < 4.78 is 19.1. The Morgan fingerprint density at radius 2 is 1.94 bits per heavy atom. The Hall–Kier alpha value is -2.64. The van der Waals surface area contributed by atoms with Crippen molar-refractivity contribution in [2.24, 2.45) is 7.05 Å². The van der Waals surface area contributed by atoms with Crippen LogP contribution in [0.2, 0.25) is 0 Å². The highest BCUT2D eigenvalue weighted by Gasteiger charge is 2.36. The molecule has 0 amide bonds. The van der Waals surface area contributed by atoms with Crippen molar-refractivity contribution in [2.75, 3.05) is 13.7 Å². The lowest BCUT2D eigenvalue weighted by Gasteiger charge is -2.27. The standard InChI is InChI=1S/C27H32N2O4S/c1-27(2,3)33-25(26(30)31-5)24-22(18-11-12-19-16(14-18)9-7-13-32-19)23(28-29(24)4)21-15-17-8-6-10-20(17)34-21/h11-12,14-15,25H,6-10,13H2,1-5H3. The number of aromatic nitrogens is 2. The van der Waals surface area contributed by atoms with E-state index in [1.54, 1.807) is 4.68 Å². The van der Waals surface area contributed by atoms with Crippen LogP contribution in [0.25, 0.3) is 21.7 Å². The van der Waals surface area contributed by atoms with Gasteiger partial charge >= 0.3 is 5.97 Å². The first-order chi connectivity index (χ1) is 16.2. The van der Waals surface area contributed by atoms with E-state index < -0.39 is 17.7 Å². The molecule has 0 spiro atoms. The van der Waals surface area contributed by atoms with Gasteiger partial charge in [-0.05, 0) is 87.8 Å². The normalized spacial score (nSPS) is 16.0. The highest BCUT2D eigenvalue weighted by Crippen LogP contribution is 2.45. The van der Waals surface area contributed by atoms with Crippen LogP contribution >= 0.6 is 11.3 Å². The van der Waals surface area contributed by atoms with Crippen LogP contribution in [-0.2, 0) is 40.6 Å². The highest BCUT2D eigenvalue weighted by atomic mass is 32.1. The van der Waals surface area contributed by atoms with Gasteiger partial charge in [0.05, 0.1) is 29.9 Å². The summed E-state index contributed by atoms with van der Waals surface area (Å²) in [5.74, 6) is 0.508. The van der Waals surface area contributed by atoms with Crippen LogP contribution in [0.1, 0.15) is 61.4 Å². The number of nitrogens with zero attached hydrogens (tertiary/aromatic N) is 2. The second-order valence-electron chi connectivity index (χ2n) is 10.1. The van der Waals surface area contributed by atoms with Gasteiger partial charge in [-0.25, -0.2) is 4.79 Å². The fourth-order valence-corrected chi connectivity index (χ4v) is 6.18. The van der Waals surface area contributed by atoms with Gasteiger partial charge in [0, 0.05) is 17.5 Å². The van der Waals surface area contributed by atoms with E-state index in [0.29, 0.717) is 5.69 Å². The molecule has 7 heteroatoms. The van der Waals surface area contributed by atoms with E-state index in [1.165, 1.54) is 29.5 Å². The first kappa shape index (κ1) is 23.1. The number of aryl methyl sites for hydroxylation is 4. The Kier molecular flexibility index (Phi) is 6.02. The van der Waals surface area contributed by atoms with Crippen molar-refractivity contribution in [3.63, 3.8) is 0 Å². The zero-order valence-electron chi connectivity index (χ0n) is 20.6. The molecule has 0 fully saturated rings. The van der Waals surface area contributed by atoms with Crippen LogP contribution in [0.4, 0.5) is 0 Å². The number of carbonyl (C=O) groups is 1. The minimum absolute atomic E-state index is 0.430. The van der Waals surface area contributed by atoms with Crippen molar-refractivity contribution >= 4 is 17.3 Å². The number of hydrogen-bond donors (Lipinski definition) is 0. The van der Waals surface area contributed by atoms with Gasteiger partial charge in [0.1, 0.15) is 11.4 Å². The van der Waals surface area contributed by atoms with E-state index in [-0.39, 0.29) is 0 Å². The van der Waals surface area contributed by atoms with Crippen molar-refractivity contribution in [1.29, 1.82) is 0 Å². The molecule has 5 rings (SSSR count). The van der Waals surface area contributed by atoms with E-state index in [1.807, 2.05) is 45.2 Å². The number of thiophene rings is 1. The minimum Gasteiger partial charge on any atom is -0.493 e. The van der Waals surface area contributed by atoms with E-state index in [9.17, 15) is 4.79 Å². The van der Waals surface area contributed by atoms with E-state index in [4.69, 9.17) is 19.3 Å². The first-order valence-electron chi connectivity index (χ1n) is 12.0. The van der Waals surface area contributed by atoms with Gasteiger partial charge in [-0.3, -0.25) is 4.68 Å². The highest BCUT2D eigenvalue weighted by molar-refractivity contribution is 7.15. The smallest absolute Gasteiger partial charge is 0.341 e. The van der Waals surface area contributed by atoms with Crippen molar-refractivity contribution in [2.45, 2.75) is 64.6 Å². The molecule has 3 heterocycles. The second-order valence-corrected chi connectivity index (χ2v) is 11.2. The fraction of sp³-hybridized carbons (Fsp3) is 0.481. The molecule has 1 atom stereocenters. The second kappa shape index (κ2) is 8.86. The van der Waals surface area contributed by atoms with Crippen molar-refractivity contribution in [1.82, 2.24) is 9.78 Å². The quantitative estimate of drug-likeness (QED) is 0.441. The van der Waals surface area contributed by atoms with Gasteiger partial charge in [-0.2, -0.15) is 5.10 Å². The summed E-state index contributed by atoms with van der Waals surface area (Å²) in [4.78, 5) is 15.6. The Bertz CT molecular complexity index is 1210. The predicted molar refractivity (Wildman–Crippen MR) is 133 cm³/mol. The number of carbonyl (C=O) groups excluding carboxylic acids is 1. The Balaban J connectivity index is 1.72. The molecule has 0 saturated heterocycles. The number of fused-ring (bicyclic) bond motifs is 2. The lowest BCUT2D eigenvalue weighted by Crippen LogP contribution is -2.29. The molecule has 0 radical (unpaired) electrons. The largest absolute Gasteiger partial charge is 0.493 e. The average Bonchev–Trinajstić information content (AvgIpc) is 3.49. The third-order valence-electron chi connectivity index (χ3n) is 6.40. The molecule has 2 aliphatic rings. The van der Waals surface area contributed by atoms with Crippen LogP contribution in [0.3, 0.4) is 0 Å². The number of benzene rings is 1. The molecule has 180 valence electrons. The SMILES string of the molecule is COC(=O)C(OC(C)(C)C)c1c(-c2ccc3c(c2)CCCO3)c(-c2cc3c(s2)CCC3)nn1C. The Morgan fingerprint density at radius 3 is 2.68 bits per heavy atom. The molecular formula is C27H32N2O4S. The van der Waals surface area contributed by atoms with Crippen LogP contribution in [0.15, 0.2) is 24.3 Å². The van der Waals surface area contributed by atoms with Gasteiger partial charge in [-0.15, -0.1) is 11.3 Å². The average molecular weight is 481 g/mol. The number of hydrogen-bond acceptors (Lipinski definition) is 6. The number of ether oxygens (including phenoxy) is 3. The van der Waals surface area contributed by atoms with Gasteiger partial charge in [0.15, 0.2) is 6.10 Å². The third-order valence-corrected chi connectivity index (χ3v) is 7.65. The lowest BCUT2D eigenvalue weighted by atomic mass is 9.95. The number of rotatable bonds is 5. The maximum atomic E-state index is 13.0. The molecule has 2 aromatic heterocycles. The molecule has 1 unspecified atom stereocenters. The zero-order chi connectivity index (χ0) is 24.0. The summed E-state index contributed by atoms with van der Waals surface area (Å²) in [5.41, 5.74) is 5.60. The maximum Gasteiger partial charge on any atom is 0.341 e. The van der Waals surface area contributed by atoms with E-state index in [2.05, 4.69) is 18.2 Å². The van der Waals surface area contributed by atoms with Gasteiger partial charge in [0.25, 0.3) is 0 Å². The summed E-state index contributed by atoms with van der Waals surface area (Å²) in [7, 11) is 3.28. The summed E-state index contributed by atoms with van der Waals surface area (Å²) in [5, 5.41) is 4.96. The fourth-order valence-electron chi connectivity index (χ4n) is 4.93. The van der Waals surface area contributed by atoms with Crippen molar-refractivity contribution in [3.8, 4) is 27.4 Å². The van der Waals surface area contributed by atoms with Crippen molar-refractivity contribution in [3.05, 3.63) is 46.0 Å². The molecule has 0 N–H and O–H groups in total. The van der Waals surface area contributed by atoms with E-state index >= 15 is 0 Å². The molecule has 0 saturated carbocycles. The maximum absolute atomic E-state index is 13.0. The van der Waals surface area contributed by atoms with Crippen LogP contribution in [0, 0.1) is 0 Å². The molecule has 0 bridgehead atoms. The number of esters is 1. The summed E-state index contributed by atoms with van der Waals surface area (Å²) in [6, 6.07) is 8.57. The molecule has 6 nitrogen and oxygen atoms in total. The molecule has 1 aliphatic carbocycles. The van der Waals surface area contributed by atoms with E-state index in [0.717, 1.165) is 59.7 Å². The monoisotopic (exact) mass is 480 g/mol. The third kappa shape index (κ3) is 4.27. The molecular weight excluding hydrogens is 448 g/mol. The minimum atomic E-state index is -0.898.